The molecule has 2 heteroatoms. The van der Waals surface area contributed by atoms with Crippen LogP contribution < -0.4 is 0 Å². The van der Waals surface area contributed by atoms with E-state index in [1.54, 1.807) is 0 Å². The van der Waals surface area contributed by atoms with Crippen molar-refractivity contribution in [2.75, 3.05) is 0 Å². The van der Waals surface area contributed by atoms with Crippen molar-refractivity contribution < 1.29 is 9.84 Å². The van der Waals surface area contributed by atoms with Crippen LogP contribution in [0.2, 0.25) is 0 Å². The predicted octanol–water partition coefficient (Wildman–Crippen LogP) is 1.78. The lowest BCUT2D eigenvalue weighted by molar-refractivity contribution is -0.197. The van der Waals surface area contributed by atoms with E-state index in [2.05, 4.69) is 13.8 Å². The third-order valence-corrected chi connectivity index (χ3v) is 2.50. The maximum Gasteiger partial charge on any atom is 0.157 e. The van der Waals surface area contributed by atoms with E-state index in [-0.39, 0.29) is 6.10 Å². The van der Waals surface area contributed by atoms with Crippen LogP contribution in [0.25, 0.3) is 0 Å². The summed E-state index contributed by atoms with van der Waals surface area (Å²) in [7, 11) is 0. The van der Waals surface area contributed by atoms with Crippen LogP contribution in [0.1, 0.15) is 33.6 Å². The second-order valence-corrected chi connectivity index (χ2v) is 3.82. The van der Waals surface area contributed by atoms with E-state index in [1.807, 2.05) is 6.92 Å². The maximum atomic E-state index is 9.49. The molecule has 3 unspecified atom stereocenters. The van der Waals surface area contributed by atoms with Gasteiger partial charge in [-0.25, -0.2) is 0 Å². The Morgan fingerprint density at radius 3 is 2.45 bits per heavy atom. The zero-order valence-corrected chi connectivity index (χ0v) is 7.58. The van der Waals surface area contributed by atoms with E-state index in [4.69, 9.17) is 4.74 Å². The van der Waals surface area contributed by atoms with E-state index in [1.165, 1.54) is 0 Å². The fourth-order valence-corrected chi connectivity index (χ4v) is 1.64. The Labute approximate surface area is 68.6 Å². The second-order valence-electron chi connectivity index (χ2n) is 3.82. The molecule has 1 N–H and O–H groups in total. The van der Waals surface area contributed by atoms with Gasteiger partial charge in [0.25, 0.3) is 0 Å². The van der Waals surface area contributed by atoms with Gasteiger partial charge in [-0.2, -0.15) is 0 Å². The third-order valence-electron chi connectivity index (χ3n) is 2.50. The smallest absolute Gasteiger partial charge is 0.157 e. The highest BCUT2D eigenvalue weighted by Gasteiger charge is 2.29. The Morgan fingerprint density at radius 1 is 1.36 bits per heavy atom. The molecule has 0 amide bonds. The summed E-state index contributed by atoms with van der Waals surface area (Å²) in [6.07, 6.45) is 1.89. The van der Waals surface area contributed by atoms with Gasteiger partial charge in [0.1, 0.15) is 0 Å². The van der Waals surface area contributed by atoms with Crippen LogP contribution in [0.15, 0.2) is 0 Å². The molecule has 0 spiro atoms. The SMILES string of the molecule is CC1CCC(C(C)C)C(O)O1. The van der Waals surface area contributed by atoms with Crippen molar-refractivity contribution >= 4 is 0 Å². The van der Waals surface area contributed by atoms with Crippen LogP contribution in [0, 0.1) is 11.8 Å². The number of rotatable bonds is 1. The average Bonchev–Trinajstić information content (AvgIpc) is 1.85. The van der Waals surface area contributed by atoms with Crippen molar-refractivity contribution in [3.8, 4) is 0 Å². The Kier molecular flexibility index (Phi) is 2.90. The van der Waals surface area contributed by atoms with E-state index < -0.39 is 6.29 Å². The molecule has 1 aliphatic rings. The second kappa shape index (κ2) is 3.55. The lowest BCUT2D eigenvalue weighted by Gasteiger charge is -2.34. The van der Waals surface area contributed by atoms with Gasteiger partial charge in [-0.3, -0.25) is 0 Å². The number of aliphatic hydroxyl groups is 1. The van der Waals surface area contributed by atoms with Gasteiger partial charge in [-0.05, 0) is 25.7 Å². The highest BCUT2D eigenvalue weighted by atomic mass is 16.6. The fourth-order valence-electron chi connectivity index (χ4n) is 1.64. The quantitative estimate of drug-likeness (QED) is 0.630. The molecule has 2 nitrogen and oxygen atoms in total. The van der Waals surface area contributed by atoms with Crippen molar-refractivity contribution in [3.63, 3.8) is 0 Å². The van der Waals surface area contributed by atoms with Gasteiger partial charge in [0.2, 0.25) is 0 Å². The van der Waals surface area contributed by atoms with E-state index in [0.29, 0.717) is 11.8 Å². The number of hydrogen-bond donors (Lipinski definition) is 1. The summed E-state index contributed by atoms with van der Waals surface area (Å²) in [4.78, 5) is 0. The zero-order chi connectivity index (χ0) is 8.43. The fraction of sp³-hybridized carbons (Fsp3) is 1.00. The van der Waals surface area contributed by atoms with Crippen LogP contribution in [-0.2, 0) is 4.74 Å². The Hall–Kier alpha value is -0.0800. The van der Waals surface area contributed by atoms with Gasteiger partial charge in [0, 0.05) is 5.92 Å². The van der Waals surface area contributed by atoms with Crippen molar-refractivity contribution in [1.29, 1.82) is 0 Å². The first-order valence-electron chi connectivity index (χ1n) is 4.44. The molecule has 0 aromatic rings. The van der Waals surface area contributed by atoms with Crippen molar-refractivity contribution in [3.05, 3.63) is 0 Å². The first-order chi connectivity index (χ1) is 5.11. The molecular formula is C9H18O2. The van der Waals surface area contributed by atoms with Crippen LogP contribution in [0.4, 0.5) is 0 Å². The van der Waals surface area contributed by atoms with E-state index in [0.717, 1.165) is 12.8 Å². The third kappa shape index (κ3) is 2.17. The lowest BCUT2D eigenvalue weighted by atomic mass is 9.87. The summed E-state index contributed by atoms with van der Waals surface area (Å²) in [5.74, 6) is 0.865. The average molecular weight is 158 g/mol. The van der Waals surface area contributed by atoms with Crippen LogP contribution in [0.5, 0.6) is 0 Å². The van der Waals surface area contributed by atoms with Crippen LogP contribution in [-0.4, -0.2) is 17.5 Å². The molecule has 3 atom stereocenters. The minimum absolute atomic E-state index is 0.236. The molecule has 1 rings (SSSR count). The molecule has 0 aromatic carbocycles. The number of hydrogen-bond acceptors (Lipinski definition) is 2. The highest BCUT2D eigenvalue weighted by molar-refractivity contribution is 4.72. The standard InChI is InChI=1S/C9H18O2/c1-6(2)8-5-4-7(3)11-9(8)10/h6-10H,4-5H2,1-3H3. The lowest BCUT2D eigenvalue weighted by Crippen LogP contribution is -2.36. The minimum Gasteiger partial charge on any atom is -0.368 e. The first kappa shape index (κ1) is 9.01. The largest absolute Gasteiger partial charge is 0.368 e. The Morgan fingerprint density at radius 2 is 2.00 bits per heavy atom. The normalized spacial score (nSPS) is 39.5. The Bertz CT molecular complexity index is 123. The summed E-state index contributed by atoms with van der Waals surface area (Å²) >= 11 is 0. The van der Waals surface area contributed by atoms with E-state index in [9.17, 15) is 5.11 Å². The summed E-state index contributed by atoms with van der Waals surface area (Å²) in [6, 6.07) is 0. The first-order valence-corrected chi connectivity index (χ1v) is 4.44. The molecular weight excluding hydrogens is 140 g/mol. The molecule has 0 radical (unpaired) electrons. The van der Waals surface area contributed by atoms with Crippen LogP contribution >= 0.6 is 0 Å². The molecule has 1 aliphatic heterocycles. The van der Waals surface area contributed by atoms with Crippen molar-refractivity contribution in [1.82, 2.24) is 0 Å². The molecule has 1 fully saturated rings. The molecule has 1 heterocycles. The molecule has 0 aliphatic carbocycles. The van der Waals surface area contributed by atoms with Gasteiger partial charge < -0.3 is 9.84 Å². The van der Waals surface area contributed by atoms with Gasteiger partial charge in [0.15, 0.2) is 6.29 Å². The monoisotopic (exact) mass is 158 g/mol. The van der Waals surface area contributed by atoms with Crippen molar-refractivity contribution in [2.45, 2.75) is 46.0 Å². The summed E-state index contributed by atoms with van der Waals surface area (Å²) in [5, 5.41) is 9.49. The Balaban J connectivity index is 2.44. The van der Waals surface area contributed by atoms with Gasteiger partial charge >= 0.3 is 0 Å². The molecule has 66 valence electrons. The summed E-state index contributed by atoms with van der Waals surface area (Å²) in [6.45, 7) is 6.28. The topological polar surface area (TPSA) is 29.5 Å². The molecule has 0 aromatic heterocycles. The summed E-state index contributed by atoms with van der Waals surface area (Å²) < 4.78 is 5.32. The molecule has 0 saturated carbocycles. The van der Waals surface area contributed by atoms with Crippen molar-refractivity contribution in [2.24, 2.45) is 11.8 Å². The number of aliphatic hydroxyl groups excluding tert-OH is 1. The zero-order valence-electron chi connectivity index (χ0n) is 7.58. The maximum absolute atomic E-state index is 9.49. The highest BCUT2D eigenvalue weighted by Crippen LogP contribution is 2.28. The van der Waals surface area contributed by atoms with Gasteiger partial charge in [0.05, 0.1) is 6.10 Å². The molecule has 1 saturated heterocycles. The van der Waals surface area contributed by atoms with Crippen LogP contribution in [0.3, 0.4) is 0 Å². The predicted molar refractivity (Wildman–Crippen MR) is 44.1 cm³/mol. The number of ether oxygens (including phenoxy) is 1. The minimum atomic E-state index is -0.529. The van der Waals surface area contributed by atoms with E-state index >= 15 is 0 Å². The van der Waals surface area contributed by atoms with Gasteiger partial charge in [-0.1, -0.05) is 13.8 Å². The molecule has 0 bridgehead atoms. The van der Waals surface area contributed by atoms with Gasteiger partial charge in [-0.15, -0.1) is 0 Å². The summed E-state index contributed by atoms with van der Waals surface area (Å²) in [5.41, 5.74) is 0. The molecule has 11 heavy (non-hydrogen) atoms.